The predicted octanol–water partition coefficient (Wildman–Crippen LogP) is 2.85. The molecule has 1 aromatic heterocycles. The minimum atomic E-state index is -0.646. The van der Waals surface area contributed by atoms with Gasteiger partial charge in [-0.2, -0.15) is 4.98 Å². The summed E-state index contributed by atoms with van der Waals surface area (Å²) in [7, 11) is 0. The highest BCUT2D eigenvalue weighted by atomic mass is 19.1. The number of nitrogens with two attached hydrogens (primary N) is 1. The van der Waals surface area contributed by atoms with E-state index >= 15 is 0 Å². The molecule has 0 saturated heterocycles. The third kappa shape index (κ3) is 2.56. The maximum Gasteiger partial charge on any atom is 0.246 e. The molecule has 2 rings (SSSR count). The van der Waals surface area contributed by atoms with Crippen LogP contribution in [0.2, 0.25) is 0 Å². The van der Waals surface area contributed by atoms with Gasteiger partial charge in [0.25, 0.3) is 0 Å². The Morgan fingerprint density at radius 1 is 1.44 bits per heavy atom. The van der Waals surface area contributed by atoms with Crippen LogP contribution in [-0.4, -0.2) is 10.1 Å². The molecule has 2 aromatic rings. The van der Waals surface area contributed by atoms with Gasteiger partial charge in [0.2, 0.25) is 11.7 Å². The fourth-order valence-corrected chi connectivity index (χ4v) is 1.83. The summed E-state index contributed by atoms with van der Waals surface area (Å²) in [6.07, 6.45) is 1.67. The van der Waals surface area contributed by atoms with Crippen molar-refractivity contribution in [3.63, 3.8) is 0 Å². The summed E-state index contributed by atoms with van der Waals surface area (Å²) in [6.45, 7) is 3.88. The Balaban J connectivity index is 2.31. The molecule has 0 fully saturated rings. The van der Waals surface area contributed by atoms with Crippen LogP contribution in [0.5, 0.6) is 0 Å². The maximum atomic E-state index is 13.1. The van der Waals surface area contributed by atoms with Crippen LogP contribution in [0.3, 0.4) is 0 Å². The van der Waals surface area contributed by atoms with Gasteiger partial charge in [0.05, 0.1) is 5.54 Å². The lowest BCUT2D eigenvalue weighted by Crippen LogP contribution is -2.33. The van der Waals surface area contributed by atoms with Crippen LogP contribution < -0.4 is 5.73 Å². The largest absolute Gasteiger partial charge is 0.337 e. The van der Waals surface area contributed by atoms with Gasteiger partial charge in [-0.05, 0) is 25.5 Å². The van der Waals surface area contributed by atoms with E-state index in [9.17, 15) is 4.39 Å². The molecule has 0 bridgehead atoms. The van der Waals surface area contributed by atoms with E-state index in [2.05, 4.69) is 10.1 Å². The molecule has 96 valence electrons. The van der Waals surface area contributed by atoms with Crippen molar-refractivity contribution in [2.75, 3.05) is 0 Å². The van der Waals surface area contributed by atoms with E-state index in [-0.39, 0.29) is 5.82 Å². The number of nitrogens with zero attached hydrogens (tertiary/aromatic N) is 2. The SMILES string of the molecule is CCCC(C)(N)c1nc(-c2cccc(F)c2)no1. The zero-order valence-corrected chi connectivity index (χ0v) is 10.5. The Bertz CT molecular complexity index is 537. The standard InChI is InChI=1S/C13H16FN3O/c1-3-7-13(2,15)12-16-11(17-18-12)9-5-4-6-10(14)8-9/h4-6,8H,3,7,15H2,1-2H3. The van der Waals surface area contributed by atoms with Gasteiger partial charge in [-0.1, -0.05) is 30.6 Å². The van der Waals surface area contributed by atoms with Gasteiger partial charge in [0, 0.05) is 5.56 Å². The molecule has 1 unspecified atom stereocenters. The molecule has 2 N–H and O–H groups in total. The van der Waals surface area contributed by atoms with E-state index in [0.717, 1.165) is 12.8 Å². The Kier molecular flexibility index (Phi) is 3.43. The third-order valence-electron chi connectivity index (χ3n) is 2.77. The first-order valence-electron chi connectivity index (χ1n) is 5.92. The van der Waals surface area contributed by atoms with Gasteiger partial charge < -0.3 is 10.3 Å². The Hall–Kier alpha value is -1.75. The fraction of sp³-hybridized carbons (Fsp3) is 0.385. The lowest BCUT2D eigenvalue weighted by atomic mass is 9.98. The van der Waals surface area contributed by atoms with Crippen LogP contribution in [0.1, 0.15) is 32.6 Å². The van der Waals surface area contributed by atoms with Gasteiger partial charge in [-0.25, -0.2) is 4.39 Å². The molecule has 0 aliphatic carbocycles. The second-order valence-electron chi connectivity index (χ2n) is 4.60. The molecule has 5 heteroatoms. The smallest absolute Gasteiger partial charge is 0.246 e. The fourth-order valence-electron chi connectivity index (χ4n) is 1.83. The van der Waals surface area contributed by atoms with Crippen molar-refractivity contribution in [2.24, 2.45) is 5.73 Å². The predicted molar refractivity (Wildman–Crippen MR) is 66.1 cm³/mol. The van der Waals surface area contributed by atoms with Crippen molar-refractivity contribution < 1.29 is 8.91 Å². The number of aromatic nitrogens is 2. The van der Waals surface area contributed by atoms with E-state index in [0.29, 0.717) is 17.3 Å². The van der Waals surface area contributed by atoms with Crippen molar-refractivity contribution >= 4 is 0 Å². The lowest BCUT2D eigenvalue weighted by molar-refractivity contribution is 0.284. The van der Waals surface area contributed by atoms with Crippen LogP contribution in [-0.2, 0) is 5.54 Å². The zero-order chi connectivity index (χ0) is 13.2. The molecule has 0 radical (unpaired) electrons. The molecule has 1 atom stereocenters. The molecule has 0 aliphatic heterocycles. The first-order chi connectivity index (χ1) is 8.53. The molecule has 0 spiro atoms. The van der Waals surface area contributed by atoms with Crippen LogP contribution in [0.4, 0.5) is 4.39 Å². The summed E-state index contributed by atoms with van der Waals surface area (Å²) >= 11 is 0. The lowest BCUT2D eigenvalue weighted by Gasteiger charge is -2.18. The summed E-state index contributed by atoms with van der Waals surface area (Å²) in [5, 5.41) is 3.84. The summed E-state index contributed by atoms with van der Waals surface area (Å²) in [4.78, 5) is 4.24. The summed E-state index contributed by atoms with van der Waals surface area (Å²) in [5.74, 6) is 0.406. The highest BCUT2D eigenvalue weighted by Gasteiger charge is 2.27. The van der Waals surface area contributed by atoms with Gasteiger partial charge >= 0.3 is 0 Å². The summed E-state index contributed by atoms with van der Waals surface area (Å²) < 4.78 is 18.3. The van der Waals surface area contributed by atoms with Crippen LogP contribution in [0, 0.1) is 5.82 Å². The van der Waals surface area contributed by atoms with E-state index in [1.54, 1.807) is 12.1 Å². The molecule has 1 heterocycles. The quantitative estimate of drug-likeness (QED) is 0.904. The minimum Gasteiger partial charge on any atom is -0.337 e. The molecule has 0 aliphatic rings. The number of hydrogen-bond donors (Lipinski definition) is 1. The normalized spacial score (nSPS) is 14.4. The molecule has 0 amide bonds. The van der Waals surface area contributed by atoms with Crippen molar-refractivity contribution in [2.45, 2.75) is 32.2 Å². The van der Waals surface area contributed by atoms with Crippen molar-refractivity contribution in [1.82, 2.24) is 10.1 Å². The van der Waals surface area contributed by atoms with Gasteiger partial charge in [0.15, 0.2) is 0 Å². The third-order valence-corrected chi connectivity index (χ3v) is 2.77. The zero-order valence-electron chi connectivity index (χ0n) is 10.5. The van der Waals surface area contributed by atoms with Gasteiger partial charge in [0.1, 0.15) is 5.82 Å². The van der Waals surface area contributed by atoms with Crippen molar-refractivity contribution in [3.05, 3.63) is 36.0 Å². The molecular formula is C13H16FN3O. The number of benzene rings is 1. The molecule has 18 heavy (non-hydrogen) atoms. The highest BCUT2D eigenvalue weighted by molar-refractivity contribution is 5.53. The first-order valence-corrected chi connectivity index (χ1v) is 5.92. The number of hydrogen-bond acceptors (Lipinski definition) is 4. The Morgan fingerprint density at radius 2 is 2.22 bits per heavy atom. The topological polar surface area (TPSA) is 64.9 Å². The highest BCUT2D eigenvalue weighted by Crippen LogP contribution is 2.24. The van der Waals surface area contributed by atoms with E-state index in [1.165, 1.54) is 12.1 Å². The summed E-state index contributed by atoms with van der Waals surface area (Å²) in [6, 6.07) is 6.07. The van der Waals surface area contributed by atoms with E-state index < -0.39 is 5.54 Å². The average molecular weight is 249 g/mol. The maximum absolute atomic E-state index is 13.1. The van der Waals surface area contributed by atoms with Crippen molar-refractivity contribution in [1.29, 1.82) is 0 Å². The van der Waals surface area contributed by atoms with Crippen molar-refractivity contribution in [3.8, 4) is 11.4 Å². The summed E-state index contributed by atoms with van der Waals surface area (Å²) in [5.41, 5.74) is 6.03. The van der Waals surface area contributed by atoms with E-state index in [1.807, 2.05) is 13.8 Å². The van der Waals surface area contributed by atoms with Gasteiger partial charge in [-0.15, -0.1) is 0 Å². The Labute approximate surface area is 105 Å². The Morgan fingerprint density at radius 3 is 2.89 bits per heavy atom. The number of halogens is 1. The molecule has 4 nitrogen and oxygen atoms in total. The first kappa shape index (κ1) is 12.7. The average Bonchev–Trinajstić information content (AvgIpc) is 2.78. The van der Waals surface area contributed by atoms with Crippen LogP contribution in [0.25, 0.3) is 11.4 Å². The second kappa shape index (κ2) is 4.86. The number of rotatable bonds is 4. The monoisotopic (exact) mass is 249 g/mol. The van der Waals surface area contributed by atoms with Crippen LogP contribution in [0.15, 0.2) is 28.8 Å². The minimum absolute atomic E-state index is 0.331. The van der Waals surface area contributed by atoms with Gasteiger partial charge in [-0.3, -0.25) is 0 Å². The molecular weight excluding hydrogens is 233 g/mol. The molecule has 1 aromatic carbocycles. The second-order valence-corrected chi connectivity index (χ2v) is 4.60. The molecule has 0 saturated carbocycles. The van der Waals surface area contributed by atoms with E-state index in [4.69, 9.17) is 10.3 Å². The van der Waals surface area contributed by atoms with Crippen LogP contribution >= 0.6 is 0 Å².